The number of Topliss-reactive ketones (excluding diaryl/α,β-unsaturated/α-hetero) is 2. The van der Waals surface area contributed by atoms with Crippen LogP contribution in [0.4, 0.5) is 11.5 Å². The van der Waals surface area contributed by atoms with E-state index in [1.165, 1.54) is 49.0 Å². The van der Waals surface area contributed by atoms with E-state index >= 15 is 0 Å². The summed E-state index contributed by atoms with van der Waals surface area (Å²) in [5.41, 5.74) is -1.18. The number of carbonyl (C=O) groups excluding carboxylic acids is 2. The normalized spacial score (nSPS) is 18.9. The third kappa shape index (κ3) is 3.20. The quantitative estimate of drug-likeness (QED) is 0.323. The standard InChI is InChI=1S/C25H20N4O7/c1-27-23-18(24(33)28(2)25(27)34)15(12-7-5-6-10-17(12)29(35)36)11-16(26-23)19-20(30)13-8-3-4-9-14(13)21(31)22(19)32/h3-10,15-16,26,30H,11H2,1-2H3. The maximum atomic E-state index is 13.2. The second-order valence-corrected chi connectivity index (χ2v) is 8.74. The van der Waals surface area contributed by atoms with Gasteiger partial charge in [0.15, 0.2) is 0 Å². The first kappa shape index (κ1) is 23.0. The Kier molecular flexibility index (Phi) is 5.20. The van der Waals surface area contributed by atoms with Gasteiger partial charge in [0.25, 0.3) is 11.2 Å². The number of fused-ring (bicyclic) bond motifs is 2. The number of benzene rings is 2. The number of nitrogens with one attached hydrogen (secondary N) is 1. The number of ketones is 2. The molecule has 182 valence electrons. The van der Waals surface area contributed by atoms with E-state index in [1.54, 1.807) is 18.2 Å². The summed E-state index contributed by atoms with van der Waals surface area (Å²) in [5, 5.41) is 25.9. The minimum absolute atomic E-state index is 0.0573. The van der Waals surface area contributed by atoms with Crippen LogP contribution in [0.25, 0.3) is 5.76 Å². The number of nitro benzene ring substituents is 1. The zero-order valence-corrected chi connectivity index (χ0v) is 19.2. The predicted molar refractivity (Wildman–Crippen MR) is 129 cm³/mol. The number of aliphatic hydroxyl groups excluding tert-OH is 1. The molecule has 0 amide bonds. The summed E-state index contributed by atoms with van der Waals surface area (Å²) in [6, 6.07) is 11.0. The molecule has 0 spiro atoms. The van der Waals surface area contributed by atoms with Crippen LogP contribution in [-0.4, -0.2) is 36.8 Å². The Morgan fingerprint density at radius 2 is 1.58 bits per heavy atom. The van der Waals surface area contributed by atoms with Crippen LogP contribution in [0.3, 0.4) is 0 Å². The van der Waals surface area contributed by atoms with Crippen LogP contribution in [0.15, 0.2) is 63.7 Å². The highest BCUT2D eigenvalue weighted by Gasteiger charge is 2.43. The lowest BCUT2D eigenvalue weighted by Gasteiger charge is -2.35. The molecule has 0 fully saturated rings. The van der Waals surface area contributed by atoms with E-state index in [9.17, 15) is 34.4 Å². The molecule has 2 aliphatic rings. The van der Waals surface area contributed by atoms with Gasteiger partial charge >= 0.3 is 5.69 Å². The molecular formula is C25H20N4O7. The van der Waals surface area contributed by atoms with Crippen molar-refractivity contribution in [1.29, 1.82) is 0 Å². The van der Waals surface area contributed by atoms with Gasteiger partial charge in [-0.2, -0.15) is 0 Å². The number of rotatable bonds is 3. The molecular weight excluding hydrogens is 468 g/mol. The molecule has 2 atom stereocenters. The third-order valence-corrected chi connectivity index (χ3v) is 6.82. The fraction of sp³-hybridized carbons (Fsp3) is 0.200. The molecule has 11 heteroatoms. The summed E-state index contributed by atoms with van der Waals surface area (Å²) in [6.45, 7) is 0. The van der Waals surface area contributed by atoms with Gasteiger partial charge in [0, 0.05) is 42.8 Å². The Morgan fingerprint density at radius 1 is 0.944 bits per heavy atom. The molecule has 0 saturated carbocycles. The number of nitro groups is 1. The highest BCUT2D eigenvalue weighted by atomic mass is 16.6. The van der Waals surface area contributed by atoms with Gasteiger partial charge in [0.2, 0.25) is 11.6 Å². The van der Waals surface area contributed by atoms with Gasteiger partial charge in [-0.25, -0.2) is 4.79 Å². The maximum Gasteiger partial charge on any atom is 0.332 e. The number of para-hydroxylation sites is 1. The van der Waals surface area contributed by atoms with E-state index in [0.717, 1.165) is 4.57 Å². The van der Waals surface area contributed by atoms with Crippen LogP contribution in [0.2, 0.25) is 0 Å². The average molecular weight is 488 g/mol. The molecule has 1 aliphatic heterocycles. The van der Waals surface area contributed by atoms with E-state index in [4.69, 9.17) is 0 Å². The zero-order chi connectivity index (χ0) is 25.9. The van der Waals surface area contributed by atoms with Crippen molar-refractivity contribution in [3.8, 4) is 0 Å². The zero-order valence-electron chi connectivity index (χ0n) is 19.2. The minimum atomic E-state index is -1.02. The lowest BCUT2D eigenvalue weighted by atomic mass is 9.77. The molecule has 2 N–H and O–H groups in total. The maximum absolute atomic E-state index is 13.2. The van der Waals surface area contributed by atoms with Crippen LogP contribution in [0.1, 0.15) is 39.4 Å². The molecule has 11 nitrogen and oxygen atoms in total. The van der Waals surface area contributed by atoms with Crippen molar-refractivity contribution in [2.75, 3.05) is 5.32 Å². The first-order valence-corrected chi connectivity index (χ1v) is 11.0. The van der Waals surface area contributed by atoms with Gasteiger partial charge in [-0.05, 0) is 6.42 Å². The molecule has 1 aliphatic carbocycles. The van der Waals surface area contributed by atoms with Gasteiger partial charge in [-0.15, -0.1) is 0 Å². The van der Waals surface area contributed by atoms with Crippen LogP contribution < -0.4 is 16.6 Å². The molecule has 2 unspecified atom stereocenters. The number of hydrogen-bond acceptors (Lipinski definition) is 8. The fourth-order valence-corrected chi connectivity index (χ4v) is 5.07. The molecule has 0 saturated heterocycles. The van der Waals surface area contributed by atoms with Crippen molar-refractivity contribution >= 4 is 28.8 Å². The number of hydrogen-bond donors (Lipinski definition) is 2. The molecule has 2 heterocycles. The molecule has 36 heavy (non-hydrogen) atoms. The number of anilines is 1. The lowest BCUT2D eigenvalue weighted by Crippen LogP contribution is -2.46. The van der Waals surface area contributed by atoms with Gasteiger partial charge in [-0.1, -0.05) is 42.5 Å². The second-order valence-electron chi connectivity index (χ2n) is 8.74. The van der Waals surface area contributed by atoms with E-state index in [1.807, 2.05) is 0 Å². The van der Waals surface area contributed by atoms with E-state index in [0.29, 0.717) is 0 Å². The highest BCUT2D eigenvalue weighted by Crippen LogP contribution is 2.43. The van der Waals surface area contributed by atoms with Crippen molar-refractivity contribution < 1.29 is 19.6 Å². The summed E-state index contributed by atoms with van der Waals surface area (Å²) < 4.78 is 2.08. The molecule has 0 bridgehead atoms. The van der Waals surface area contributed by atoms with Crippen molar-refractivity contribution in [2.45, 2.75) is 18.4 Å². The summed E-state index contributed by atoms with van der Waals surface area (Å²) >= 11 is 0. The van der Waals surface area contributed by atoms with Gasteiger partial charge < -0.3 is 10.4 Å². The first-order chi connectivity index (χ1) is 17.1. The number of aliphatic hydroxyl groups is 1. The third-order valence-electron chi connectivity index (χ3n) is 6.82. The Hall–Kier alpha value is -4.80. The van der Waals surface area contributed by atoms with Crippen molar-refractivity contribution in [3.05, 3.63) is 107 Å². The topological polar surface area (TPSA) is 154 Å². The monoisotopic (exact) mass is 488 g/mol. The van der Waals surface area contributed by atoms with E-state index in [-0.39, 0.29) is 45.8 Å². The molecule has 0 radical (unpaired) electrons. The Balaban J connectivity index is 1.78. The highest BCUT2D eigenvalue weighted by molar-refractivity contribution is 6.52. The first-order valence-electron chi connectivity index (χ1n) is 11.0. The van der Waals surface area contributed by atoms with E-state index in [2.05, 4.69) is 5.32 Å². The molecule has 2 aromatic carbocycles. The summed E-state index contributed by atoms with van der Waals surface area (Å²) in [7, 11) is 2.73. The smallest absolute Gasteiger partial charge is 0.332 e. The SMILES string of the molecule is Cn1c2c(c(=O)n(C)c1=O)C(c1ccccc1[N+](=O)[O-])CC(C1=C(O)c3ccccc3C(=O)C1=O)N2. The summed E-state index contributed by atoms with van der Waals surface area (Å²) in [4.78, 5) is 63.2. The van der Waals surface area contributed by atoms with Gasteiger partial charge in [0.1, 0.15) is 11.6 Å². The van der Waals surface area contributed by atoms with E-state index < -0.39 is 45.5 Å². The Bertz CT molecular complexity index is 1650. The van der Waals surface area contributed by atoms with Crippen LogP contribution in [0, 0.1) is 10.1 Å². The number of aromatic nitrogens is 2. The minimum Gasteiger partial charge on any atom is -0.507 e. The van der Waals surface area contributed by atoms with Crippen LogP contribution >= 0.6 is 0 Å². The number of carbonyl (C=O) groups is 2. The second kappa shape index (κ2) is 8.15. The molecule has 1 aromatic heterocycles. The Labute approximate surface area is 203 Å². The summed E-state index contributed by atoms with van der Waals surface area (Å²) in [5.74, 6) is -2.99. The Morgan fingerprint density at radius 3 is 2.28 bits per heavy atom. The number of nitrogens with zero attached hydrogens (tertiary/aromatic N) is 3. The van der Waals surface area contributed by atoms with Crippen molar-refractivity contribution in [2.24, 2.45) is 14.1 Å². The lowest BCUT2D eigenvalue weighted by molar-refractivity contribution is -0.385. The van der Waals surface area contributed by atoms with Crippen LogP contribution in [0.5, 0.6) is 0 Å². The predicted octanol–water partition coefficient (Wildman–Crippen LogP) is 2.04. The largest absolute Gasteiger partial charge is 0.507 e. The average Bonchev–Trinajstić information content (AvgIpc) is 2.89. The van der Waals surface area contributed by atoms with Crippen molar-refractivity contribution in [3.63, 3.8) is 0 Å². The van der Waals surface area contributed by atoms with Gasteiger partial charge in [-0.3, -0.25) is 33.6 Å². The van der Waals surface area contributed by atoms with Gasteiger partial charge in [0.05, 0.1) is 22.1 Å². The van der Waals surface area contributed by atoms with Crippen LogP contribution in [-0.2, 0) is 18.9 Å². The summed E-state index contributed by atoms with van der Waals surface area (Å²) in [6.07, 6.45) is -0.0636. The molecule has 3 aromatic rings. The van der Waals surface area contributed by atoms with Crippen molar-refractivity contribution in [1.82, 2.24) is 9.13 Å². The fourth-order valence-electron chi connectivity index (χ4n) is 5.07. The molecule has 5 rings (SSSR count).